The molecular formula is C12H26N2O. The van der Waals surface area contributed by atoms with Crippen LogP contribution in [0, 0.1) is 5.92 Å². The van der Waals surface area contributed by atoms with Gasteiger partial charge in [0.2, 0.25) is 0 Å². The smallest absolute Gasteiger partial charge is 0.0853 e. The average Bonchev–Trinajstić information content (AvgIpc) is 2.25. The number of likely N-dealkylation sites (N-methyl/N-ethyl adjacent to an activating group) is 1. The number of hydrogen-bond donors (Lipinski definition) is 1. The molecule has 2 atom stereocenters. The van der Waals surface area contributed by atoms with E-state index in [4.69, 9.17) is 10.5 Å². The van der Waals surface area contributed by atoms with Gasteiger partial charge in [0, 0.05) is 19.1 Å². The minimum Gasteiger partial charge on any atom is -0.374 e. The molecule has 1 aliphatic rings. The van der Waals surface area contributed by atoms with Crippen molar-refractivity contribution in [2.45, 2.75) is 45.3 Å². The van der Waals surface area contributed by atoms with Crippen LogP contribution in [0.25, 0.3) is 0 Å². The first kappa shape index (κ1) is 12.9. The molecule has 1 rings (SSSR count). The van der Waals surface area contributed by atoms with E-state index in [1.54, 1.807) is 0 Å². The molecule has 2 N–H and O–H groups in total. The van der Waals surface area contributed by atoms with Gasteiger partial charge in [-0.2, -0.15) is 0 Å². The fourth-order valence-electron chi connectivity index (χ4n) is 2.23. The Hall–Kier alpha value is -0.120. The van der Waals surface area contributed by atoms with Crippen LogP contribution in [0.15, 0.2) is 0 Å². The SMILES string of the molecule is CCC(CC)CC(N)C1CN(C)CCO1. The second-order valence-electron chi connectivity index (χ2n) is 4.75. The van der Waals surface area contributed by atoms with Gasteiger partial charge in [-0.05, 0) is 19.4 Å². The Morgan fingerprint density at radius 1 is 1.40 bits per heavy atom. The van der Waals surface area contributed by atoms with Gasteiger partial charge in [-0.3, -0.25) is 0 Å². The monoisotopic (exact) mass is 214 g/mol. The number of rotatable bonds is 5. The second kappa shape index (κ2) is 6.46. The summed E-state index contributed by atoms with van der Waals surface area (Å²) < 4.78 is 5.73. The van der Waals surface area contributed by atoms with Crippen molar-refractivity contribution >= 4 is 0 Å². The van der Waals surface area contributed by atoms with E-state index in [2.05, 4.69) is 25.8 Å². The second-order valence-corrected chi connectivity index (χ2v) is 4.75. The molecule has 0 spiro atoms. The average molecular weight is 214 g/mol. The van der Waals surface area contributed by atoms with Crippen molar-refractivity contribution in [3.8, 4) is 0 Å². The van der Waals surface area contributed by atoms with E-state index in [0.717, 1.165) is 32.0 Å². The molecule has 1 saturated heterocycles. The molecule has 3 nitrogen and oxygen atoms in total. The lowest BCUT2D eigenvalue weighted by Gasteiger charge is -2.34. The van der Waals surface area contributed by atoms with Gasteiger partial charge in [-0.15, -0.1) is 0 Å². The molecule has 1 aliphatic heterocycles. The number of ether oxygens (including phenoxy) is 1. The molecule has 3 heteroatoms. The van der Waals surface area contributed by atoms with Crippen LogP contribution < -0.4 is 5.73 Å². The summed E-state index contributed by atoms with van der Waals surface area (Å²) in [6.07, 6.45) is 3.80. The summed E-state index contributed by atoms with van der Waals surface area (Å²) in [5, 5.41) is 0. The first-order valence-corrected chi connectivity index (χ1v) is 6.23. The third-order valence-corrected chi connectivity index (χ3v) is 3.53. The van der Waals surface area contributed by atoms with Crippen molar-refractivity contribution in [2.75, 3.05) is 26.7 Å². The first-order valence-electron chi connectivity index (χ1n) is 6.23. The zero-order valence-corrected chi connectivity index (χ0v) is 10.4. The Balaban J connectivity index is 2.34. The van der Waals surface area contributed by atoms with Crippen molar-refractivity contribution in [1.82, 2.24) is 4.90 Å². The number of hydrogen-bond acceptors (Lipinski definition) is 3. The number of nitrogens with zero attached hydrogens (tertiary/aromatic N) is 1. The Kier molecular flexibility index (Phi) is 5.58. The van der Waals surface area contributed by atoms with Crippen molar-refractivity contribution in [3.05, 3.63) is 0 Å². The predicted octanol–water partition coefficient (Wildman–Crippen LogP) is 1.47. The quantitative estimate of drug-likeness (QED) is 0.753. The van der Waals surface area contributed by atoms with E-state index >= 15 is 0 Å². The van der Waals surface area contributed by atoms with Gasteiger partial charge in [0.15, 0.2) is 0 Å². The van der Waals surface area contributed by atoms with Gasteiger partial charge in [0.1, 0.15) is 0 Å². The summed E-state index contributed by atoms with van der Waals surface area (Å²) in [7, 11) is 2.14. The van der Waals surface area contributed by atoms with Crippen LogP contribution in [-0.2, 0) is 4.74 Å². The van der Waals surface area contributed by atoms with Crippen LogP contribution >= 0.6 is 0 Å². The summed E-state index contributed by atoms with van der Waals surface area (Å²) in [5.41, 5.74) is 6.21. The minimum absolute atomic E-state index is 0.206. The van der Waals surface area contributed by atoms with E-state index in [9.17, 15) is 0 Å². The molecular weight excluding hydrogens is 188 g/mol. The van der Waals surface area contributed by atoms with Gasteiger partial charge in [0.05, 0.1) is 12.7 Å². The summed E-state index contributed by atoms with van der Waals surface area (Å²) in [5.74, 6) is 0.760. The van der Waals surface area contributed by atoms with Crippen LogP contribution in [0.4, 0.5) is 0 Å². The van der Waals surface area contributed by atoms with Crippen molar-refractivity contribution in [1.29, 1.82) is 0 Å². The Labute approximate surface area is 94.0 Å². The summed E-state index contributed by atoms with van der Waals surface area (Å²) >= 11 is 0. The molecule has 0 aromatic carbocycles. The molecule has 0 bridgehead atoms. The fourth-order valence-corrected chi connectivity index (χ4v) is 2.23. The van der Waals surface area contributed by atoms with Crippen molar-refractivity contribution in [2.24, 2.45) is 11.7 Å². The lowest BCUT2D eigenvalue weighted by atomic mass is 9.92. The minimum atomic E-state index is 0.206. The lowest BCUT2D eigenvalue weighted by molar-refractivity contribution is -0.0356. The van der Waals surface area contributed by atoms with Crippen LogP contribution in [0.2, 0.25) is 0 Å². The Morgan fingerprint density at radius 2 is 2.07 bits per heavy atom. The summed E-state index contributed by atoms with van der Waals surface area (Å²) in [6.45, 7) is 7.34. The third-order valence-electron chi connectivity index (χ3n) is 3.53. The van der Waals surface area contributed by atoms with Gasteiger partial charge >= 0.3 is 0 Å². The molecule has 1 heterocycles. The van der Waals surface area contributed by atoms with E-state index in [0.29, 0.717) is 0 Å². The maximum atomic E-state index is 6.21. The zero-order chi connectivity index (χ0) is 11.3. The molecule has 2 unspecified atom stereocenters. The van der Waals surface area contributed by atoms with Crippen molar-refractivity contribution in [3.63, 3.8) is 0 Å². The van der Waals surface area contributed by atoms with E-state index in [-0.39, 0.29) is 12.1 Å². The lowest BCUT2D eigenvalue weighted by Crippen LogP contribution is -2.49. The van der Waals surface area contributed by atoms with E-state index in [1.807, 2.05) is 0 Å². The maximum absolute atomic E-state index is 6.21. The Morgan fingerprint density at radius 3 is 2.60 bits per heavy atom. The summed E-state index contributed by atoms with van der Waals surface area (Å²) in [6, 6.07) is 0.206. The highest BCUT2D eigenvalue weighted by atomic mass is 16.5. The number of nitrogens with two attached hydrogens (primary N) is 1. The fraction of sp³-hybridized carbons (Fsp3) is 1.00. The van der Waals surface area contributed by atoms with Crippen LogP contribution in [0.3, 0.4) is 0 Å². The largest absolute Gasteiger partial charge is 0.374 e. The van der Waals surface area contributed by atoms with Gasteiger partial charge in [-0.25, -0.2) is 0 Å². The predicted molar refractivity (Wildman–Crippen MR) is 63.9 cm³/mol. The highest BCUT2D eigenvalue weighted by molar-refractivity contribution is 4.81. The zero-order valence-electron chi connectivity index (χ0n) is 10.4. The van der Waals surface area contributed by atoms with E-state index in [1.165, 1.54) is 12.8 Å². The molecule has 15 heavy (non-hydrogen) atoms. The molecule has 0 amide bonds. The molecule has 0 saturated carbocycles. The third kappa shape index (κ3) is 4.09. The standard InChI is InChI=1S/C12H26N2O/c1-4-10(5-2)8-11(13)12-9-14(3)6-7-15-12/h10-12H,4-9,13H2,1-3H3. The van der Waals surface area contributed by atoms with Crippen LogP contribution in [-0.4, -0.2) is 43.8 Å². The topological polar surface area (TPSA) is 38.5 Å². The summed E-state index contributed by atoms with van der Waals surface area (Å²) in [4.78, 5) is 2.31. The van der Waals surface area contributed by atoms with Gasteiger partial charge < -0.3 is 15.4 Å². The first-order chi connectivity index (χ1) is 7.17. The van der Waals surface area contributed by atoms with Crippen LogP contribution in [0.1, 0.15) is 33.1 Å². The van der Waals surface area contributed by atoms with Crippen LogP contribution in [0.5, 0.6) is 0 Å². The van der Waals surface area contributed by atoms with Crippen molar-refractivity contribution < 1.29 is 4.74 Å². The number of morpholine rings is 1. The molecule has 1 fully saturated rings. The molecule has 0 radical (unpaired) electrons. The highest BCUT2D eigenvalue weighted by Gasteiger charge is 2.25. The normalized spacial score (nSPS) is 25.8. The van der Waals surface area contributed by atoms with Gasteiger partial charge in [0.25, 0.3) is 0 Å². The highest BCUT2D eigenvalue weighted by Crippen LogP contribution is 2.18. The van der Waals surface area contributed by atoms with Gasteiger partial charge in [-0.1, -0.05) is 26.7 Å². The molecule has 90 valence electrons. The molecule has 0 aromatic heterocycles. The molecule has 0 aliphatic carbocycles. The Bertz CT molecular complexity index is 171. The maximum Gasteiger partial charge on any atom is 0.0853 e. The molecule has 0 aromatic rings. The van der Waals surface area contributed by atoms with E-state index < -0.39 is 0 Å².